The summed E-state index contributed by atoms with van der Waals surface area (Å²) in [6, 6.07) is 12.9. The molecule has 24 heavy (non-hydrogen) atoms. The second-order valence-corrected chi connectivity index (χ2v) is 6.13. The first-order chi connectivity index (χ1) is 11.5. The molecule has 0 aromatic heterocycles. The van der Waals surface area contributed by atoms with Crippen LogP contribution >= 0.6 is 27.5 Å². The molecule has 0 aliphatic heterocycles. The largest absolute Gasteiger partial charge is 0.456 e. The van der Waals surface area contributed by atoms with Crippen molar-refractivity contribution in [3.8, 4) is 0 Å². The quantitative estimate of drug-likeness (QED) is 0.586. The Balaban J connectivity index is 1.77. The van der Waals surface area contributed by atoms with E-state index in [2.05, 4.69) is 21.2 Å². The Morgan fingerprint density at radius 1 is 0.958 bits per heavy atom. The van der Waals surface area contributed by atoms with Crippen LogP contribution in [0.5, 0.6) is 0 Å². The van der Waals surface area contributed by atoms with E-state index in [-0.39, 0.29) is 18.9 Å². The molecule has 0 heterocycles. The summed E-state index contributed by atoms with van der Waals surface area (Å²) < 4.78 is 5.71. The first-order valence-electron chi connectivity index (χ1n) is 6.94. The van der Waals surface area contributed by atoms with E-state index in [1.54, 1.807) is 48.5 Å². The molecule has 2 rings (SSSR count). The molecule has 0 atom stereocenters. The zero-order valence-electron chi connectivity index (χ0n) is 12.4. The molecule has 0 fully saturated rings. The van der Waals surface area contributed by atoms with Gasteiger partial charge in [-0.05, 0) is 36.4 Å². The Morgan fingerprint density at radius 3 is 2.17 bits per heavy atom. The van der Waals surface area contributed by atoms with Crippen molar-refractivity contribution in [2.24, 2.45) is 0 Å². The summed E-state index contributed by atoms with van der Waals surface area (Å²) in [7, 11) is 0. The summed E-state index contributed by atoms with van der Waals surface area (Å²) in [5.41, 5.74) is 0.814. The standard InChI is InChI=1S/C17H13BrClNO4/c18-13-5-1-11(2-6-13)15(21)10-24-16(22)9-20-17(23)12-3-7-14(19)8-4-12/h1-8H,9-10H2,(H,20,23). The summed E-state index contributed by atoms with van der Waals surface area (Å²) in [6.45, 7) is -0.702. The van der Waals surface area contributed by atoms with E-state index in [0.29, 0.717) is 16.1 Å². The molecule has 7 heteroatoms. The SMILES string of the molecule is O=C(CNC(=O)c1ccc(Cl)cc1)OCC(=O)c1ccc(Br)cc1. The Kier molecular flexibility index (Phi) is 6.52. The first-order valence-corrected chi connectivity index (χ1v) is 8.11. The number of hydrogen-bond acceptors (Lipinski definition) is 4. The van der Waals surface area contributed by atoms with Gasteiger partial charge in [0.15, 0.2) is 12.4 Å². The lowest BCUT2D eigenvalue weighted by Crippen LogP contribution is -2.31. The van der Waals surface area contributed by atoms with Gasteiger partial charge < -0.3 is 10.1 Å². The number of ketones is 1. The van der Waals surface area contributed by atoms with Crippen molar-refractivity contribution in [1.82, 2.24) is 5.32 Å². The normalized spacial score (nSPS) is 10.1. The highest BCUT2D eigenvalue weighted by Crippen LogP contribution is 2.11. The molecule has 0 radical (unpaired) electrons. The second-order valence-electron chi connectivity index (χ2n) is 4.78. The van der Waals surface area contributed by atoms with Gasteiger partial charge in [0, 0.05) is 20.6 Å². The van der Waals surface area contributed by atoms with Gasteiger partial charge in [-0.25, -0.2) is 0 Å². The molecular weight excluding hydrogens is 398 g/mol. The average Bonchev–Trinajstić information content (AvgIpc) is 2.58. The molecule has 0 spiro atoms. The summed E-state index contributed by atoms with van der Waals surface area (Å²) in [5.74, 6) is -1.44. The minimum Gasteiger partial charge on any atom is -0.456 e. The zero-order chi connectivity index (χ0) is 17.5. The van der Waals surface area contributed by atoms with Crippen LogP contribution in [0.2, 0.25) is 5.02 Å². The fraction of sp³-hybridized carbons (Fsp3) is 0.118. The van der Waals surface area contributed by atoms with E-state index in [0.717, 1.165) is 4.47 Å². The van der Waals surface area contributed by atoms with Crippen LogP contribution in [0.4, 0.5) is 0 Å². The summed E-state index contributed by atoms with van der Waals surface area (Å²) >= 11 is 9.00. The van der Waals surface area contributed by atoms with Gasteiger partial charge in [0.05, 0.1) is 0 Å². The molecule has 0 saturated heterocycles. The number of benzene rings is 2. The number of rotatable bonds is 6. The molecule has 0 bridgehead atoms. The number of halogens is 2. The van der Waals surface area contributed by atoms with Gasteiger partial charge in [0.1, 0.15) is 6.54 Å². The highest BCUT2D eigenvalue weighted by molar-refractivity contribution is 9.10. The third-order valence-corrected chi connectivity index (χ3v) is 3.81. The van der Waals surface area contributed by atoms with Crippen LogP contribution in [0.15, 0.2) is 53.0 Å². The van der Waals surface area contributed by atoms with Gasteiger partial charge in [0.25, 0.3) is 5.91 Å². The van der Waals surface area contributed by atoms with Crippen molar-refractivity contribution < 1.29 is 19.1 Å². The number of hydrogen-bond donors (Lipinski definition) is 1. The van der Waals surface area contributed by atoms with Crippen LogP contribution in [0.1, 0.15) is 20.7 Å². The maximum absolute atomic E-state index is 11.9. The lowest BCUT2D eigenvalue weighted by molar-refractivity contribution is -0.141. The number of nitrogens with one attached hydrogen (secondary N) is 1. The highest BCUT2D eigenvalue weighted by atomic mass is 79.9. The summed E-state index contributed by atoms with van der Waals surface area (Å²) in [5, 5.41) is 2.93. The first kappa shape index (κ1) is 18.2. The number of carbonyl (C=O) groups excluding carboxylic acids is 3. The van der Waals surface area contributed by atoms with Crippen LogP contribution in [0, 0.1) is 0 Å². The van der Waals surface area contributed by atoms with Crippen LogP contribution in [-0.4, -0.2) is 30.8 Å². The number of amides is 1. The topological polar surface area (TPSA) is 72.5 Å². The number of Topliss-reactive ketones (excluding diaryl/α,β-unsaturated/α-hetero) is 1. The van der Waals surface area contributed by atoms with Crippen molar-refractivity contribution in [1.29, 1.82) is 0 Å². The molecule has 0 aliphatic carbocycles. The molecule has 2 aromatic carbocycles. The Morgan fingerprint density at radius 2 is 1.54 bits per heavy atom. The van der Waals surface area contributed by atoms with E-state index < -0.39 is 11.9 Å². The van der Waals surface area contributed by atoms with Crippen LogP contribution in [0.3, 0.4) is 0 Å². The van der Waals surface area contributed by atoms with Crippen LogP contribution < -0.4 is 5.32 Å². The third-order valence-electron chi connectivity index (χ3n) is 3.03. The van der Waals surface area contributed by atoms with Gasteiger partial charge in [-0.3, -0.25) is 14.4 Å². The smallest absolute Gasteiger partial charge is 0.325 e. The molecule has 124 valence electrons. The van der Waals surface area contributed by atoms with Crippen LogP contribution in [0.25, 0.3) is 0 Å². The summed E-state index contributed by atoms with van der Waals surface area (Å²) in [6.07, 6.45) is 0. The van der Waals surface area contributed by atoms with Gasteiger partial charge in [0.2, 0.25) is 0 Å². The van der Waals surface area contributed by atoms with Crippen molar-refractivity contribution >= 4 is 45.2 Å². The van der Waals surface area contributed by atoms with Gasteiger partial charge in [-0.15, -0.1) is 0 Å². The van der Waals surface area contributed by atoms with Gasteiger partial charge >= 0.3 is 5.97 Å². The van der Waals surface area contributed by atoms with Crippen molar-refractivity contribution in [2.45, 2.75) is 0 Å². The van der Waals surface area contributed by atoms with E-state index in [1.165, 1.54) is 0 Å². The molecule has 0 aliphatic rings. The Labute approximate surface area is 152 Å². The molecule has 2 aromatic rings. The molecule has 1 N–H and O–H groups in total. The van der Waals surface area contributed by atoms with Crippen molar-refractivity contribution in [3.05, 3.63) is 69.2 Å². The van der Waals surface area contributed by atoms with Gasteiger partial charge in [-0.2, -0.15) is 0 Å². The van der Waals surface area contributed by atoms with Crippen molar-refractivity contribution in [3.63, 3.8) is 0 Å². The average molecular weight is 411 g/mol. The Hall–Kier alpha value is -2.18. The Bertz CT molecular complexity index is 681. The number of ether oxygens (including phenoxy) is 1. The number of esters is 1. The van der Waals surface area contributed by atoms with E-state index in [9.17, 15) is 14.4 Å². The molecule has 0 saturated carbocycles. The lowest BCUT2D eigenvalue weighted by atomic mass is 10.1. The van der Waals surface area contributed by atoms with Gasteiger partial charge in [-0.1, -0.05) is 39.7 Å². The second kappa shape index (κ2) is 8.61. The van der Waals surface area contributed by atoms with E-state index in [1.807, 2.05) is 0 Å². The monoisotopic (exact) mass is 409 g/mol. The minimum atomic E-state index is -0.692. The molecular formula is C17H13BrClNO4. The molecule has 0 unspecified atom stereocenters. The van der Waals surface area contributed by atoms with E-state index >= 15 is 0 Å². The fourth-order valence-electron chi connectivity index (χ4n) is 1.77. The third kappa shape index (κ3) is 5.47. The maximum atomic E-state index is 11.9. The maximum Gasteiger partial charge on any atom is 0.325 e. The molecule has 5 nitrogen and oxygen atoms in total. The van der Waals surface area contributed by atoms with Crippen LogP contribution in [-0.2, 0) is 9.53 Å². The molecule has 1 amide bonds. The predicted molar refractivity (Wildman–Crippen MR) is 93.2 cm³/mol. The predicted octanol–water partition coefficient (Wildman–Crippen LogP) is 3.26. The number of carbonyl (C=O) groups is 3. The highest BCUT2D eigenvalue weighted by Gasteiger charge is 2.12. The fourth-order valence-corrected chi connectivity index (χ4v) is 2.16. The zero-order valence-corrected chi connectivity index (χ0v) is 14.8. The lowest BCUT2D eigenvalue weighted by Gasteiger charge is -2.06. The minimum absolute atomic E-state index is 0.320. The van der Waals surface area contributed by atoms with Crippen molar-refractivity contribution in [2.75, 3.05) is 13.2 Å². The van der Waals surface area contributed by atoms with E-state index in [4.69, 9.17) is 16.3 Å². The summed E-state index contributed by atoms with van der Waals surface area (Å²) in [4.78, 5) is 35.3.